The minimum Gasteiger partial charge on any atom is -0.349 e. The molecule has 0 aliphatic heterocycles. The van der Waals surface area contributed by atoms with Crippen LogP contribution in [0.1, 0.15) is 69.3 Å². The van der Waals surface area contributed by atoms with Gasteiger partial charge in [0.2, 0.25) is 0 Å². The fourth-order valence-electron chi connectivity index (χ4n) is 2.90. The Hall–Kier alpha value is -1.31. The summed E-state index contributed by atoms with van der Waals surface area (Å²) in [6.45, 7) is 8.80. The molecule has 0 heterocycles. The highest BCUT2D eigenvalue weighted by Crippen LogP contribution is 2.25. The van der Waals surface area contributed by atoms with E-state index in [1.54, 1.807) is 0 Å². The maximum absolute atomic E-state index is 12.3. The molecule has 2 heteroatoms. The van der Waals surface area contributed by atoms with Gasteiger partial charge in [-0.25, -0.2) is 0 Å². The first kappa shape index (κ1) is 15.1. The van der Waals surface area contributed by atoms with Crippen molar-refractivity contribution in [2.45, 2.75) is 64.8 Å². The van der Waals surface area contributed by atoms with Gasteiger partial charge in [-0.05, 0) is 41.9 Å². The van der Waals surface area contributed by atoms with Crippen LogP contribution in [0.15, 0.2) is 24.3 Å². The molecule has 2 atom stereocenters. The van der Waals surface area contributed by atoms with Crippen LogP contribution in [-0.2, 0) is 5.41 Å². The molecule has 1 saturated carbocycles. The van der Waals surface area contributed by atoms with Gasteiger partial charge in [0.1, 0.15) is 0 Å². The summed E-state index contributed by atoms with van der Waals surface area (Å²) < 4.78 is 0. The Morgan fingerprint density at radius 3 is 2.25 bits per heavy atom. The normalized spacial score (nSPS) is 23.4. The van der Waals surface area contributed by atoms with Gasteiger partial charge in [0, 0.05) is 11.6 Å². The van der Waals surface area contributed by atoms with Crippen LogP contribution in [0.4, 0.5) is 0 Å². The zero-order chi connectivity index (χ0) is 14.8. The van der Waals surface area contributed by atoms with Crippen LogP contribution in [0.2, 0.25) is 0 Å². The van der Waals surface area contributed by atoms with E-state index in [9.17, 15) is 4.79 Å². The van der Waals surface area contributed by atoms with Crippen LogP contribution in [0.5, 0.6) is 0 Å². The molecule has 0 saturated heterocycles. The summed E-state index contributed by atoms with van der Waals surface area (Å²) in [5, 5.41) is 3.20. The standard InChI is InChI=1S/C18H27NO/c1-13-7-5-6-8-16(13)19-17(20)14-9-11-15(12-10-14)18(2,3)4/h9-13,16H,5-8H2,1-4H3,(H,19,20)/t13-,16+/m0/s1. The fourth-order valence-corrected chi connectivity index (χ4v) is 2.90. The summed E-state index contributed by atoms with van der Waals surface area (Å²) in [6.07, 6.45) is 4.88. The van der Waals surface area contributed by atoms with E-state index in [-0.39, 0.29) is 11.3 Å². The Labute approximate surface area is 123 Å². The zero-order valence-electron chi connectivity index (χ0n) is 13.2. The van der Waals surface area contributed by atoms with E-state index in [4.69, 9.17) is 0 Å². The third kappa shape index (κ3) is 3.62. The van der Waals surface area contributed by atoms with Gasteiger partial charge >= 0.3 is 0 Å². The molecule has 1 aromatic carbocycles. The molecule has 2 rings (SSSR count). The molecule has 1 amide bonds. The predicted molar refractivity (Wildman–Crippen MR) is 84.0 cm³/mol. The average molecular weight is 273 g/mol. The molecule has 0 radical (unpaired) electrons. The summed E-state index contributed by atoms with van der Waals surface area (Å²) >= 11 is 0. The molecule has 110 valence electrons. The average Bonchev–Trinajstić information content (AvgIpc) is 2.40. The largest absolute Gasteiger partial charge is 0.349 e. The highest BCUT2D eigenvalue weighted by atomic mass is 16.1. The molecular weight excluding hydrogens is 246 g/mol. The number of hydrogen-bond donors (Lipinski definition) is 1. The second-order valence-electron chi connectivity index (χ2n) is 7.17. The Bertz CT molecular complexity index is 455. The summed E-state index contributed by atoms with van der Waals surface area (Å²) in [5.41, 5.74) is 2.17. The molecule has 2 nitrogen and oxygen atoms in total. The smallest absolute Gasteiger partial charge is 0.251 e. The van der Waals surface area contributed by atoms with Crippen molar-refractivity contribution < 1.29 is 4.79 Å². The lowest BCUT2D eigenvalue weighted by Gasteiger charge is -2.29. The lowest BCUT2D eigenvalue weighted by Crippen LogP contribution is -2.41. The Kier molecular flexibility index (Phi) is 4.52. The Morgan fingerprint density at radius 1 is 1.10 bits per heavy atom. The van der Waals surface area contributed by atoms with Crippen LogP contribution in [0.3, 0.4) is 0 Å². The van der Waals surface area contributed by atoms with E-state index in [0.29, 0.717) is 12.0 Å². The zero-order valence-corrected chi connectivity index (χ0v) is 13.2. The Balaban J connectivity index is 2.02. The van der Waals surface area contributed by atoms with Gasteiger partial charge in [-0.1, -0.05) is 52.7 Å². The van der Waals surface area contributed by atoms with E-state index < -0.39 is 0 Å². The molecule has 1 N–H and O–H groups in total. The number of carbonyl (C=O) groups excluding carboxylic acids is 1. The van der Waals surface area contributed by atoms with Gasteiger partial charge in [0.05, 0.1) is 0 Å². The first-order valence-electron chi connectivity index (χ1n) is 7.79. The van der Waals surface area contributed by atoms with E-state index in [0.717, 1.165) is 12.0 Å². The number of nitrogens with one attached hydrogen (secondary N) is 1. The fraction of sp³-hybridized carbons (Fsp3) is 0.611. The van der Waals surface area contributed by atoms with Gasteiger partial charge in [0.25, 0.3) is 5.91 Å². The highest BCUT2D eigenvalue weighted by Gasteiger charge is 2.23. The maximum Gasteiger partial charge on any atom is 0.251 e. The second-order valence-corrected chi connectivity index (χ2v) is 7.17. The van der Waals surface area contributed by atoms with Crippen LogP contribution < -0.4 is 5.32 Å². The quantitative estimate of drug-likeness (QED) is 0.855. The van der Waals surface area contributed by atoms with E-state index in [1.165, 1.54) is 24.8 Å². The van der Waals surface area contributed by atoms with Crippen LogP contribution in [0.25, 0.3) is 0 Å². The first-order valence-corrected chi connectivity index (χ1v) is 7.79. The second kappa shape index (κ2) is 5.99. The number of amides is 1. The monoisotopic (exact) mass is 273 g/mol. The molecule has 1 aromatic rings. The summed E-state index contributed by atoms with van der Waals surface area (Å²) in [6, 6.07) is 8.38. The molecule has 0 spiro atoms. The molecule has 0 unspecified atom stereocenters. The van der Waals surface area contributed by atoms with Gasteiger partial charge in [-0.2, -0.15) is 0 Å². The number of carbonyl (C=O) groups is 1. The van der Waals surface area contributed by atoms with Gasteiger partial charge in [0.15, 0.2) is 0 Å². The molecule has 0 aromatic heterocycles. The van der Waals surface area contributed by atoms with E-state index in [1.807, 2.05) is 12.1 Å². The van der Waals surface area contributed by atoms with Crippen LogP contribution in [0, 0.1) is 5.92 Å². The van der Waals surface area contributed by atoms with Crippen molar-refractivity contribution in [3.63, 3.8) is 0 Å². The van der Waals surface area contributed by atoms with Crippen molar-refractivity contribution in [3.05, 3.63) is 35.4 Å². The SMILES string of the molecule is C[C@H]1CCCC[C@H]1NC(=O)c1ccc(C(C)(C)C)cc1. The maximum atomic E-state index is 12.3. The minimum absolute atomic E-state index is 0.0733. The first-order chi connectivity index (χ1) is 9.38. The van der Waals surface area contributed by atoms with Crippen molar-refractivity contribution in [1.29, 1.82) is 0 Å². The van der Waals surface area contributed by atoms with Crippen molar-refractivity contribution in [2.24, 2.45) is 5.92 Å². The molecule has 20 heavy (non-hydrogen) atoms. The third-order valence-corrected chi connectivity index (χ3v) is 4.44. The Morgan fingerprint density at radius 2 is 1.70 bits per heavy atom. The molecular formula is C18H27NO. The van der Waals surface area contributed by atoms with Gasteiger partial charge in [-0.3, -0.25) is 4.79 Å². The van der Waals surface area contributed by atoms with E-state index >= 15 is 0 Å². The van der Waals surface area contributed by atoms with Crippen LogP contribution in [-0.4, -0.2) is 11.9 Å². The van der Waals surface area contributed by atoms with Crippen molar-refractivity contribution in [2.75, 3.05) is 0 Å². The minimum atomic E-state index is 0.0733. The summed E-state index contributed by atoms with van der Waals surface area (Å²) in [7, 11) is 0. The van der Waals surface area contributed by atoms with Crippen molar-refractivity contribution in [3.8, 4) is 0 Å². The number of rotatable bonds is 2. The molecule has 1 fully saturated rings. The predicted octanol–water partition coefficient (Wildman–Crippen LogP) is 4.29. The molecule has 1 aliphatic carbocycles. The summed E-state index contributed by atoms with van der Waals surface area (Å²) in [5.74, 6) is 0.672. The third-order valence-electron chi connectivity index (χ3n) is 4.44. The number of hydrogen-bond acceptors (Lipinski definition) is 1. The van der Waals surface area contributed by atoms with Crippen LogP contribution >= 0.6 is 0 Å². The lowest BCUT2D eigenvalue weighted by molar-refractivity contribution is 0.0910. The van der Waals surface area contributed by atoms with Crippen molar-refractivity contribution in [1.82, 2.24) is 5.32 Å². The summed E-state index contributed by atoms with van der Waals surface area (Å²) in [4.78, 5) is 12.3. The van der Waals surface area contributed by atoms with E-state index in [2.05, 4.69) is 45.1 Å². The molecule has 1 aliphatic rings. The number of benzene rings is 1. The van der Waals surface area contributed by atoms with Gasteiger partial charge < -0.3 is 5.32 Å². The van der Waals surface area contributed by atoms with Crippen molar-refractivity contribution >= 4 is 5.91 Å². The highest BCUT2D eigenvalue weighted by molar-refractivity contribution is 5.94. The lowest BCUT2D eigenvalue weighted by atomic mass is 9.85. The molecule has 0 bridgehead atoms. The van der Waals surface area contributed by atoms with Gasteiger partial charge in [-0.15, -0.1) is 0 Å². The topological polar surface area (TPSA) is 29.1 Å².